The van der Waals surface area contributed by atoms with Crippen molar-refractivity contribution in [3.8, 4) is 0 Å². The first-order valence-corrected chi connectivity index (χ1v) is 4.31. The van der Waals surface area contributed by atoms with Gasteiger partial charge in [0.2, 0.25) is 5.78 Å². The zero-order valence-corrected chi connectivity index (χ0v) is 7.86. The van der Waals surface area contributed by atoms with Crippen molar-refractivity contribution in [3.05, 3.63) is 40.2 Å². The number of hydrogen-bond donors (Lipinski definition) is 0. The summed E-state index contributed by atoms with van der Waals surface area (Å²) in [7, 11) is 0. The average molecular weight is 259 g/mol. The number of carbonyl (C=O) groups is 1. The molecule has 0 unspecified atom stereocenters. The van der Waals surface area contributed by atoms with Gasteiger partial charge in [0, 0.05) is 6.20 Å². The van der Waals surface area contributed by atoms with Crippen molar-refractivity contribution >= 4 is 28.4 Å². The Balaban J connectivity index is 2.86. The van der Waals surface area contributed by atoms with Gasteiger partial charge in [0.25, 0.3) is 0 Å². The lowest BCUT2D eigenvalue weighted by atomic mass is 10.2. The second kappa shape index (κ2) is 4.23. The van der Waals surface area contributed by atoms with E-state index in [0.29, 0.717) is 5.69 Å². The Morgan fingerprint density at radius 2 is 2.36 bits per heavy atom. The van der Waals surface area contributed by atoms with E-state index in [4.69, 9.17) is 0 Å². The molecule has 0 aliphatic rings. The third-order valence-electron chi connectivity index (χ3n) is 1.13. The highest BCUT2D eigenvalue weighted by molar-refractivity contribution is 14.1. The number of rotatable bonds is 2. The van der Waals surface area contributed by atoms with Crippen LogP contribution >= 0.6 is 22.6 Å². The molecule has 0 bridgehead atoms. The van der Waals surface area contributed by atoms with Crippen molar-refractivity contribution in [2.24, 2.45) is 0 Å². The molecule has 1 heterocycles. The maximum Gasteiger partial charge on any atom is 0.204 e. The van der Waals surface area contributed by atoms with Crippen LogP contribution < -0.4 is 0 Å². The predicted molar refractivity (Wildman–Crippen MR) is 51.7 cm³/mol. The van der Waals surface area contributed by atoms with Gasteiger partial charge in [-0.25, -0.2) is 0 Å². The monoisotopic (exact) mass is 259 g/mol. The van der Waals surface area contributed by atoms with Gasteiger partial charge in [-0.05, 0) is 22.3 Å². The van der Waals surface area contributed by atoms with Crippen molar-refractivity contribution in [1.82, 2.24) is 4.98 Å². The van der Waals surface area contributed by atoms with Crippen LogP contribution in [0.25, 0.3) is 0 Å². The maximum atomic E-state index is 11.1. The fourth-order valence-corrected chi connectivity index (χ4v) is 0.978. The summed E-state index contributed by atoms with van der Waals surface area (Å²) in [5, 5.41) is 0. The summed E-state index contributed by atoms with van der Waals surface area (Å²) in [6.07, 6.45) is 3.09. The highest BCUT2D eigenvalue weighted by Gasteiger charge is 1.99. The van der Waals surface area contributed by atoms with Gasteiger partial charge in [-0.2, -0.15) is 0 Å². The molecule has 0 N–H and O–H groups in total. The molecule has 0 saturated carbocycles. The molecule has 0 radical (unpaired) electrons. The Kier molecular flexibility index (Phi) is 3.22. The summed E-state index contributed by atoms with van der Waals surface area (Å²) in [5.41, 5.74) is 0.486. The van der Waals surface area contributed by atoms with Crippen LogP contribution in [0, 0.1) is 0 Å². The van der Waals surface area contributed by atoms with Gasteiger partial charge in [-0.3, -0.25) is 9.78 Å². The minimum absolute atomic E-state index is 0.0556. The summed E-state index contributed by atoms with van der Waals surface area (Å²) in [4.78, 5) is 15.0. The molecule has 0 aliphatic heterocycles. The fraction of sp³-hybridized carbons (Fsp3) is 0. The van der Waals surface area contributed by atoms with Crippen LogP contribution in [0.15, 0.2) is 34.6 Å². The van der Waals surface area contributed by atoms with Crippen LogP contribution in [0.5, 0.6) is 0 Å². The molecular weight excluding hydrogens is 253 g/mol. The highest BCUT2D eigenvalue weighted by atomic mass is 127. The number of carbonyl (C=O) groups excluding carboxylic acids is 1. The maximum absolute atomic E-state index is 11.1. The molecule has 0 atom stereocenters. The van der Waals surface area contributed by atoms with Gasteiger partial charge >= 0.3 is 0 Å². The molecule has 1 rings (SSSR count). The van der Waals surface area contributed by atoms with E-state index in [1.54, 1.807) is 28.5 Å². The lowest BCUT2D eigenvalue weighted by molar-refractivity contribution is 0.104. The third kappa shape index (κ3) is 2.42. The van der Waals surface area contributed by atoms with Crippen LogP contribution in [0.1, 0.15) is 10.5 Å². The van der Waals surface area contributed by atoms with Gasteiger partial charge in [-0.15, -0.1) is 0 Å². The molecule has 56 valence electrons. The first kappa shape index (κ1) is 8.39. The standard InChI is InChI=1S/C8H6INO/c9-5-4-8(11)7-3-1-2-6-10-7/h1-6H/b5-4+. The summed E-state index contributed by atoms with van der Waals surface area (Å²) < 4.78 is 1.68. The number of ketones is 1. The summed E-state index contributed by atoms with van der Waals surface area (Å²) in [6, 6.07) is 5.27. The Hall–Kier alpha value is -0.710. The van der Waals surface area contributed by atoms with Crippen molar-refractivity contribution in [2.75, 3.05) is 0 Å². The van der Waals surface area contributed by atoms with Gasteiger partial charge in [0.1, 0.15) is 5.69 Å². The van der Waals surface area contributed by atoms with Crippen molar-refractivity contribution in [3.63, 3.8) is 0 Å². The van der Waals surface area contributed by atoms with Gasteiger partial charge < -0.3 is 0 Å². The highest BCUT2D eigenvalue weighted by Crippen LogP contribution is 1.97. The Bertz CT molecular complexity index is 269. The van der Waals surface area contributed by atoms with E-state index in [-0.39, 0.29) is 5.78 Å². The topological polar surface area (TPSA) is 30.0 Å². The molecule has 1 aromatic heterocycles. The van der Waals surface area contributed by atoms with Crippen molar-refractivity contribution < 1.29 is 4.79 Å². The minimum Gasteiger partial charge on any atom is -0.288 e. The van der Waals surface area contributed by atoms with Gasteiger partial charge in [0.15, 0.2) is 0 Å². The van der Waals surface area contributed by atoms with Gasteiger partial charge in [-0.1, -0.05) is 28.7 Å². The first-order chi connectivity index (χ1) is 5.34. The zero-order valence-electron chi connectivity index (χ0n) is 5.70. The number of pyridine rings is 1. The Morgan fingerprint density at radius 1 is 1.55 bits per heavy atom. The van der Waals surface area contributed by atoms with Crippen LogP contribution in [-0.2, 0) is 0 Å². The normalized spacial score (nSPS) is 10.3. The lowest BCUT2D eigenvalue weighted by Gasteiger charge is -1.90. The first-order valence-electron chi connectivity index (χ1n) is 3.06. The number of nitrogens with zero attached hydrogens (tertiary/aromatic N) is 1. The number of allylic oxidation sites excluding steroid dienone is 1. The smallest absolute Gasteiger partial charge is 0.204 e. The fourth-order valence-electron chi connectivity index (χ4n) is 0.651. The molecule has 0 fully saturated rings. The molecular formula is C8H6INO. The molecule has 0 amide bonds. The van der Waals surface area contributed by atoms with Gasteiger partial charge in [0.05, 0.1) is 0 Å². The summed E-state index contributed by atoms with van der Waals surface area (Å²) >= 11 is 2.00. The van der Waals surface area contributed by atoms with Crippen LogP contribution in [0.2, 0.25) is 0 Å². The van der Waals surface area contributed by atoms with Crippen molar-refractivity contribution in [1.29, 1.82) is 0 Å². The van der Waals surface area contributed by atoms with E-state index in [2.05, 4.69) is 4.98 Å². The molecule has 0 saturated heterocycles. The van der Waals surface area contributed by atoms with E-state index in [1.807, 2.05) is 22.6 Å². The van der Waals surface area contributed by atoms with Crippen LogP contribution in [0.4, 0.5) is 0 Å². The number of aromatic nitrogens is 1. The largest absolute Gasteiger partial charge is 0.288 e. The SMILES string of the molecule is O=C(/C=C/I)c1ccccn1. The molecule has 1 aromatic rings. The molecule has 11 heavy (non-hydrogen) atoms. The summed E-state index contributed by atoms with van der Waals surface area (Å²) in [6.45, 7) is 0. The quantitative estimate of drug-likeness (QED) is 0.463. The van der Waals surface area contributed by atoms with Crippen LogP contribution in [0.3, 0.4) is 0 Å². The third-order valence-corrected chi connectivity index (χ3v) is 1.49. The van der Waals surface area contributed by atoms with Crippen molar-refractivity contribution in [2.45, 2.75) is 0 Å². The van der Waals surface area contributed by atoms with E-state index >= 15 is 0 Å². The van der Waals surface area contributed by atoms with E-state index in [9.17, 15) is 4.79 Å². The second-order valence-electron chi connectivity index (χ2n) is 1.87. The zero-order chi connectivity index (χ0) is 8.10. The Morgan fingerprint density at radius 3 is 2.91 bits per heavy atom. The minimum atomic E-state index is -0.0556. The number of hydrogen-bond acceptors (Lipinski definition) is 2. The summed E-state index contributed by atoms with van der Waals surface area (Å²) in [5.74, 6) is -0.0556. The number of halogens is 1. The molecule has 2 nitrogen and oxygen atoms in total. The van der Waals surface area contributed by atoms with E-state index < -0.39 is 0 Å². The molecule has 0 spiro atoms. The van der Waals surface area contributed by atoms with Crippen LogP contribution in [-0.4, -0.2) is 10.8 Å². The average Bonchev–Trinajstić information content (AvgIpc) is 2.07. The second-order valence-corrected chi connectivity index (χ2v) is 2.59. The molecule has 0 aromatic carbocycles. The molecule has 3 heteroatoms. The molecule has 0 aliphatic carbocycles. The van der Waals surface area contributed by atoms with E-state index in [0.717, 1.165) is 0 Å². The lowest BCUT2D eigenvalue weighted by Crippen LogP contribution is -1.95. The van der Waals surface area contributed by atoms with E-state index in [1.165, 1.54) is 6.08 Å². The predicted octanol–water partition coefficient (Wildman–Crippen LogP) is 2.21. The Labute approximate surface area is 78.5 Å².